The summed E-state index contributed by atoms with van der Waals surface area (Å²) in [5.74, 6) is -0.256. The van der Waals surface area contributed by atoms with Crippen molar-refractivity contribution in [2.75, 3.05) is 6.54 Å². The Morgan fingerprint density at radius 2 is 1.68 bits per heavy atom. The van der Waals surface area contributed by atoms with Crippen LogP contribution in [0, 0.1) is 5.82 Å². The Bertz CT molecular complexity index is 614. The van der Waals surface area contributed by atoms with Gasteiger partial charge in [-0.1, -0.05) is 42.5 Å². The zero-order chi connectivity index (χ0) is 15.8. The molecule has 0 aliphatic carbocycles. The minimum atomic E-state index is -0.289. The van der Waals surface area contributed by atoms with Crippen molar-refractivity contribution in [2.24, 2.45) is 0 Å². The van der Waals surface area contributed by atoms with E-state index in [1.165, 1.54) is 6.07 Å². The van der Waals surface area contributed by atoms with E-state index in [9.17, 15) is 9.18 Å². The van der Waals surface area contributed by atoms with Gasteiger partial charge in [0.2, 0.25) is 0 Å². The second kappa shape index (κ2) is 8.14. The fraction of sp³-hybridized carbons (Fsp3) is 0.235. The summed E-state index contributed by atoms with van der Waals surface area (Å²) in [4.78, 5) is 11.7. The molecule has 0 heterocycles. The maximum Gasteiger partial charge on any atom is 0.315 e. The Balaban J connectivity index is 1.70. The molecule has 2 aromatic rings. The third-order valence-electron chi connectivity index (χ3n) is 3.30. The van der Waals surface area contributed by atoms with Crippen LogP contribution in [0.3, 0.4) is 0 Å². The molecule has 5 heteroatoms. The standard InChI is InChI=1S/C17H19FN2O2/c18-16-4-2-1-3-15(16)9-10-19-17(22)20-11-13-5-7-14(12-21)8-6-13/h1-8,21H,9-12H2,(H2,19,20,22). The summed E-state index contributed by atoms with van der Waals surface area (Å²) in [5, 5.41) is 14.4. The van der Waals surface area contributed by atoms with Crippen LogP contribution in [0.15, 0.2) is 48.5 Å². The first-order chi connectivity index (χ1) is 10.7. The second-order valence-corrected chi connectivity index (χ2v) is 4.93. The minimum Gasteiger partial charge on any atom is -0.392 e. The number of rotatable bonds is 6. The van der Waals surface area contributed by atoms with E-state index in [4.69, 9.17) is 5.11 Å². The lowest BCUT2D eigenvalue weighted by Gasteiger charge is -2.08. The highest BCUT2D eigenvalue weighted by Crippen LogP contribution is 2.06. The van der Waals surface area contributed by atoms with Gasteiger partial charge in [-0.15, -0.1) is 0 Å². The molecule has 0 aliphatic rings. The first kappa shape index (κ1) is 16.0. The molecule has 0 aromatic heterocycles. The number of benzene rings is 2. The number of nitrogens with one attached hydrogen (secondary N) is 2. The highest BCUT2D eigenvalue weighted by atomic mass is 19.1. The lowest BCUT2D eigenvalue weighted by Crippen LogP contribution is -2.36. The molecular formula is C17H19FN2O2. The van der Waals surface area contributed by atoms with Gasteiger partial charge < -0.3 is 15.7 Å². The Labute approximate surface area is 129 Å². The van der Waals surface area contributed by atoms with Crippen LogP contribution in [-0.4, -0.2) is 17.7 Å². The van der Waals surface area contributed by atoms with Crippen molar-refractivity contribution < 1.29 is 14.3 Å². The topological polar surface area (TPSA) is 61.4 Å². The monoisotopic (exact) mass is 302 g/mol. The summed E-state index contributed by atoms with van der Waals surface area (Å²) >= 11 is 0. The molecule has 4 nitrogen and oxygen atoms in total. The number of aliphatic hydroxyl groups is 1. The third-order valence-corrected chi connectivity index (χ3v) is 3.30. The van der Waals surface area contributed by atoms with Crippen LogP contribution in [0.1, 0.15) is 16.7 Å². The quantitative estimate of drug-likeness (QED) is 0.767. The molecule has 0 aliphatic heterocycles. The van der Waals surface area contributed by atoms with Gasteiger partial charge in [-0.2, -0.15) is 0 Å². The first-order valence-corrected chi connectivity index (χ1v) is 7.13. The Morgan fingerprint density at radius 3 is 2.36 bits per heavy atom. The molecule has 0 saturated heterocycles. The van der Waals surface area contributed by atoms with Gasteiger partial charge in [0.15, 0.2) is 0 Å². The van der Waals surface area contributed by atoms with Gasteiger partial charge in [0, 0.05) is 13.1 Å². The molecule has 2 aromatic carbocycles. The molecule has 116 valence electrons. The largest absolute Gasteiger partial charge is 0.392 e. The summed E-state index contributed by atoms with van der Waals surface area (Å²) in [6.45, 7) is 0.775. The van der Waals surface area contributed by atoms with E-state index < -0.39 is 0 Å². The van der Waals surface area contributed by atoms with Gasteiger partial charge in [0.1, 0.15) is 5.82 Å². The molecule has 3 N–H and O–H groups in total. The van der Waals surface area contributed by atoms with Crippen LogP contribution in [-0.2, 0) is 19.6 Å². The van der Waals surface area contributed by atoms with E-state index in [0.717, 1.165) is 11.1 Å². The highest BCUT2D eigenvalue weighted by Gasteiger charge is 2.03. The summed E-state index contributed by atoms with van der Waals surface area (Å²) in [5.41, 5.74) is 2.36. The molecule has 0 spiro atoms. The fourth-order valence-electron chi connectivity index (χ4n) is 2.02. The molecule has 2 amide bonds. The third kappa shape index (κ3) is 4.86. The highest BCUT2D eigenvalue weighted by molar-refractivity contribution is 5.73. The van der Waals surface area contributed by atoms with Crippen LogP contribution in [0.5, 0.6) is 0 Å². The number of hydrogen-bond donors (Lipinski definition) is 3. The van der Waals surface area contributed by atoms with E-state index in [1.807, 2.05) is 24.3 Å². The number of hydrogen-bond acceptors (Lipinski definition) is 2. The van der Waals surface area contributed by atoms with Crippen molar-refractivity contribution in [1.82, 2.24) is 10.6 Å². The molecule has 2 rings (SSSR count). The molecule has 0 unspecified atom stereocenters. The van der Waals surface area contributed by atoms with Crippen molar-refractivity contribution in [1.29, 1.82) is 0 Å². The van der Waals surface area contributed by atoms with Gasteiger partial charge in [-0.25, -0.2) is 9.18 Å². The summed E-state index contributed by atoms with van der Waals surface area (Å²) < 4.78 is 13.4. The van der Waals surface area contributed by atoms with Crippen molar-refractivity contribution in [3.8, 4) is 0 Å². The number of carbonyl (C=O) groups is 1. The predicted molar refractivity (Wildman–Crippen MR) is 82.7 cm³/mol. The lowest BCUT2D eigenvalue weighted by atomic mass is 10.1. The van der Waals surface area contributed by atoms with E-state index in [2.05, 4.69) is 10.6 Å². The van der Waals surface area contributed by atoms with Gasteiger partial charge in [0.25, 0.3) is 0 Å². The molecular weight excluding hydrogens is 283 g/mol. The molecule has 0 bridgehead atoms. The number of carbonyl (C=O) groups excluding carboxylic acids is 1. The molecule has 0 saturated carbocycles. The summed E-state index contributed by atoms with van der Waals surface area (Å²) in [7, 11) is 0. The normalized spacial score (nSPS) is 10.3. The number of aliphatic hydroxyl groups excluding tert-OH is 1. The van der Waals surface area contributed by atoms with Gasteiger partial charge in [-0.05, 0) is 29.2 Å². The maximum absolute atomic E-state index is 13.4. The maximum atomic E-state index is 13.4. The van der Waals surface area contributed by atoms with Gasteiger partial charge >= 0.3 is 6.03 Å². The van der Waals surface area contributed by atoms with Crippen molar-refractivity contribution in [3.05, 3.63) is 71.0 Å². The second-order valence-electron chi connectivity index (χ2n) is 4.93. The van der Waals surface area contributed by atoms with Crippen LogP contribution >= 0.6 is 0 Å². The fourth-order valence-corrected chi connectivity index (χ4v) is 2.02. The molecule has 0 atom stereocenters. The predicted octanol–water partition coefficient (Wildman–Crippen LogP) is 2.36. The molecule has 22 heavy (non-hydrogen) atoms. The summed E-state index contributed by atoms with van der Waals surface area (Å²) in [6, 6.07) is 13.6. The number of amides is 2. The van der Waals surface area contributed by atoms with Gasteiger partial charge in [0.05, 0.1) is 6.61 Å². The number of urea groups is 1. The Hall–Kier alpha value is -2.40. The van der Waals surface area contributed by atoms with Crippen molar-refractivity contribution in [3.63, 3.8) is 0 Å². The Kier molecular flexibility index (Phi) is 5.91. The van der Waals surface area contributed by atoms with E-state index in [0.29, 0.717) is 25.1 Å². The lowest BCUT2D eigenvalue weighted by molar-refractivity contribution is 0.240. The van der Waals surface area contributed by atoms with Gasteiger partial charge in [-0.3, -0.25) is 0 Å². The summed E-state index contributed by atoms with van der Waals surface area (Å²) in [6.07, 6.45) is 0.450. The SMILES string of the molecule is O=C(NCCc1ccccc1F)NCc1ccc(CO)cc1. The van der Waals surface area contributed by atoms with Crippen molar-refractivity contribution in [2.45, 2.75) is 19.6 Å². The van der Waals surface area contributed by atoms with E-state index in [1.54, 1.807) is 18.2 Å². The first-order valence-electron chi connectivity index (χ1n) is 7.13. The van der Waals surface area contributed by atoms with Crippen molar-refractivity contribution >= 4 is 6.03 Å². The van der Waals surface area contributed by atoms with E-state index >= 15 is 0 Å². The minimum absolute atomic E-state index is 0.00421. The number of halogens is 1. The zero-order valence-corrected chi connectivity index (χ0v) is 12.2. The van der Waals surface area contributed by atoms with Crippen LogP contribution in [0.4, 0.5) is 9.18 Å². The molecule has 0 radical (unpaired) electrons. The van der Waals surface area contributed by atoms with E-state index in [-0.39, 0.29) is 18.5 Å². The zero-order valence-electron chi connectivity index (χ0n) is 12.2. The molecule has 0 fully saturated rings. The van der Waals surface area contributed by atoms with Crippen LogP contribution in [0.25, 0.3) is 0 Å². The average molecular weight is 302 g/mol. The average Bonchev–Trinajstić information content (AvgIpc) is 2.55. The van der Waals surface area contributed by atoms with Crippen LogP contribution in [0.2, 0.25) is 0 Å². The smallest absolute Gasteiger partial charge is 0.315 e. The van der Waals surface area contributed by atoms with Crippen LogP contribution < -0.4 is 10.6 Å². The Morgan fingerprint density at radius 1 is 1.00 bits per heavy atom.